The molecule has 4 heteroatoms. The summed E-state index contributed by atoms with van der Waals surface area (Å²) in [6.45, 7) is 2.80. The van der Waals surface area contributed by atoms with E-state index >= 15 is 0 Å². The van der Waals surface area contributed by atoms with Crippen molar-refractivity contribution >= 4 is 6.03 Å². The number of urea groups is 1. The molecule has 2 unspecified atom stereocenters. The smallest absolute Gasteiger partial charge is 0.315 e. The topological polar surface area (TPSA) is 72.3 Å². The van der Waals surface area contributed by atoms with Crippen LogP contribution < -0.4 is 11.5 Å². The highest BCUT2D eigenvalue weighted by atomic mass is 16.2. The summed E-state index contributed by atoms with van der Waals surface area (Å²) in [5.74, 6) is 0. The monoisotopic (exact) mass is 171 g/mol. The normalized spacial score (nSPS) is 24.8. The maximum Gasteiger partial charge on any atom is 0.315 e. The highest BCUT2D eigenvalue weighted by molar-refractivity contribution is 5.73. The van der Waals surface area contributed by atoms with Crippen molar-refractivity contribution in [3.63, 3.8) is 0 Å². The van der Waals surface area contributed by atoms with Gasteiger partial charge in [0.25, 0.3) is 0 Å². The molecule has 1 fully saturated rings. The van der Waals surface area contributed by atoms with E-state index in [-0.39, 0.29) is 12.1 Å². The summed E-state index contributed by atoms with van der Waals surface area (Å²) in [4.78, 5) is 12.5. The second kappa shape index (κ2) is 3.76. The number of primary amides is 1. The van der Waals surface area contributed by atoms with Gasteiger partial charge >= 0.3 is 6.03 Å². The number of hydrogen-bond donors (Lipinski definition) is 2. The van der Waals surface area contributed by atoms with Crippen LogP contribution in [0.2, 0.25) is 0 Å². The number of nitrogens with two attached hydrogens (primary N) is 2. The zero-order valence-electron chi connectivity index (χ0n) is 7.49. The van der Waals surface area contributed by atoms with E-state index in [1.807, 2.05) is 6.92 Å². The third-order valence-electron chi connectivity index (χ3n) is 2.38. The van der Waals surface area contributed by atoms with E-state index in [4.69, 9.17) is 11.5 Å². The van der Waals surface area contributed by atoms with Gasteiger partial charge in [0.15, 0.2) is 0 Å². The van der Waals surface area contributed by atoms with Gasteiger partial charge in [-0.2, -0.15) is 0 Å². The summed E-state index contributed by atoms with van der Waals surface area (Å²) in [6, 6.07) is 0.282. The lowest BCUT2D eigenvalue weighted by Gasteiger charge is -2.40. The Kier molecular flexibility index (Phi) is 2.92. The van der Waals surface area contributed by atoms with E-state index < -0.39 is 0 Å². The van der Waals surface area contributed by atoms with Crippen LogP contribution in [0.5, 0.6) is 0 Å². The van der Waals surface area contributed by atoms with Gasteiger partial charge in [0.1, 0.15) is 0 Å². The number of carbonyl (C=O) groups excluding carboxylic acids is 1. The molecule has 0 spiro atoms. The van der Waals surface area contributed by atoms with Crippen molar-refractivity contribution in [1.29, 1.82) is 0 Å². The summed E-state index contributed by atoms with van der Waals surface area (Å²) in [5, 5.41) is 0. The van der Waals surface area contributed by atoms with Gasteiger partial charge in [0, 0.05) is 18.6 Å². The minimum absolute atomic E-state index is 0.223. The molecular formula is C8H17N3O. The molecule has 0 aromatic heterocycles. The molecule has 12 heavy (non-hydrogen) atoms. The molecule has 1 aliphatic heterocycles. The summed E-state index contributed by atoms with van der Waals surface area (Å²) in [7, 11) is 0. The first kappa shape index (κ1) is 9.32. The average Bonchev–Trinajstić information content (AvgIpc) is 1.82. The van der Waals surface area contributed by atoms with E-state index in [9.17, 15) is 4.79 Å². The predicted octanol–water partition coefficient (Wildman–Crippen LogP) is 0.267. The molecule has 0 aromatic rings. The molecule has 0 aliphatic carbocycles. The molecule has 0 radical (unpaired) electrons. The Labute approximate surface area is 72.9 Å². The van der Waals surface area contributed by atoms with Gasteiger partial charge in [-0.05, 0) is 26.2 Å². The first-order valence-electron chi connectivity index (χ1n) is 4.43. The molecule has 1 aliphatic rings. The molecule has 0 bridgehead atoms. The van der Waals surface area contributed by atoms with Crippen LogP contribution in [0.3, 0.4) is 0 Å². The molecule has 1 heterocycles. The lowest BCUT2D eigenvalue weighted by molar-refractivity contribution is 0.114. The standard InChI is InChI=1S/C8H17N3O/c1-6(9)2-3-7-4-5-11(7)8(10)12/h6-7H,2-5,9H2,1H3,(H2,10,12). The third kappa shape index (κ3) is 2.11. The van der Waals surface area contributed by atoms with Crippen LogP contribution in [0.1, 0.15) is 26.2 Å². The van der Waals surface area contributed by atoms with Gasteiger partial charge in [0.05, 0.1) is 0 Å². The number of carbonyl (C=O) groups is 1. The largest absolute Gasteiger partial charge is 0.351 e. The van der Waals surface area contributed by atoms with Gasteiger partial charge in [-0.1, -0.05) is 0 Å². The van der Waals surface area contributed by atoms with Crippen molar-refractivity contribution in [2.24, 2.45) is 11.5 Å². The summed E-state index contributed by atoms with van der Waals surface area (Å²) in [5.41, 5.74) is 10.8. The summed E-state index contributed by atoms with van der Waals surface area (Å²) in [6.07, 6.45) is 3.03. The minimum atomic E-state index is -0.295. The lowest BCUT2D eigenvalue weighted by atomic mass is 9.97. The molecule has 2 amide bonds. The van der Waals surface area contributed by atoms with Crippen molar-refractivity contribution < 1.29 is 4.79 Å². The van der Waals surface area contributed by atoms with Crippen molar-refractivity contribution in [2.75, 3.05) is 6.54 Å². The molecule has 0 saturated carbocycles. The number of nitrogens with zero attached hydrogens (tertiary/aromatic N) is 1. The molecule has 0 aromatic carbocycles. The van der Waals surface area contributed by atoms with Crippen LogP contribution in [0.25, 0.3) is 0 Å². The van der Waals surface area contributed by atoms with Crippen molar-refractivity contribution in [3.05, 3.63) is 0 Å². The first-order chi connectivity index (χ1) is 5.61. The van der Waals surface area contributed by atoms with E-state index in [0.29, 0.717) is 6.04 Å². The fourth-order valence-corrected chi connectivity index (χ4v) is 1.49. The average molecular weight is 171 g/mol. The Balaban J connectivity index is 2.21. The van der Waals surface area contributed by atoms with Crippen molar-refractivity contribution in [3.8, 4) is 0 Å². The molecule has 1 rings (SSSR count). The molecule has 2 atom stereocenters. The Hall–Kier alpha value is -0.770. The number of amides is 2. The van der Waals surface area contributed by atoms with Crippen LogP contribution >= 0.6 is 0 Å². The molecule has 4 nitrogen and oxygen atoms in total. The second-order valence-electron chi connectivity index (χ2n) is 3.53. The number of likely N-dealkylation sites (tertiary alicyclic amines) is 1. The zero-order chi connectivity index (χ0) is 9.14. The molecular weight excluding hydrogens is 154 g/mol. The number of rotatable bonds is 3. The van der Waals surface area contributed by atoms with Crippen LogP contribution in [0, 0.1) is 0 Å². The van der Waals surface area contributed by atoms with Gasteiger partial charge in [0.2, 0.25) is 0 Å². The Morgan fingerprint density at radius 3 is 2.75 bits per heavy atom. The van der Waals surface area contributed by atoms with Crippen LogP contribution in [0.15, 0.2) is 0 Å². The maximum absolute atomic E-state index is 10.8. The van der Waals surface area contributed by atoms with Crippen molar-refractivity contribution in [1.82, 2.24) is 4.90 Å². The number of hydrogen-bond acceptors (Lipinski definition) is 2. The lowest BCUT2D eigenvalue weighted by Crippen LogP contribution is -2.53. The minimum Gasteiger partial charge on any atom is -0.351 e. The predicted molar refractivity (Wildman–Crippen MR) is 47.6 cm³/mol. The third-order valence-corrected chi connectivity index (χ3v) is 2.38. The van der Waals surface area contributed by atoms with Gasteiger partial charge < -0.3 is 16.4 Å². The highest BCUT2D eigenvalue weighted by Crippen LogP contribution is 2.21. The zero-order valence-corrected chi connectivity index (χ0v) is 7.49. The Bertz CT molecular complexity index is 170. The van der Waals surface area contributed by atoms with Gasteiger partial charge in [-0.3, -0.25) is 0 Å². The van der Waals surface area contributed by atoms with Crippen LogP contribution in [-0.4, -0.2) is 29.6 Å². The SMILES string of the molecule is CC(N)CCC1CCN1C(N)=O. The molecule has 4 N–H and O–H groups in total. The van der Waals surface area contributed by atoms with Crippen molar-refractivity contribution in [2.45, 2.75) is 38.3 Å². The summed E-state index contributed by atoms with van der Waals surface area (Å²) >= 11 is 0. The second-order valence-corrected chi connectivity index (χ2v) is 3.53. The van der Waals surface area contributed by atoms with E-state index in [0.717, 1.165) is 25.8 Å². The van der Waals surface area contributed by atoms with E-state index in [1.54, 1.807) is 4.90 Å². The van der Waals surface area contributed by atoms with E-state index in [2.05, 4.69) is 0 Å². The fourth-order valence-electron chi connectivity index (χ4n) is 1.49. The first-order valence-corrected chi connectivity index (χ1v) is 4.43. The van der Waals surface area contributed by atoms with Crippen LogP contribution in [-0.2, 0) is 0 Å². The molecule has 70 valence electrons. The Morgan fingerprint density at radius 2 is 2.42 bits per heavy atom. The quantitative estimate of drug-likeness (QED) is 0.639. The molecule has 1 saturated heterocycles. The van der Waals surface area contributed by atoms with Gasteiger partial charge in [-0.25, -0.2) is 4.79 Å². The van der Waals surface area contributed by atoms with E-state index in [1.165, 1.54) is 0 Å². The Morgan fingerprint density at radius 1 is 1.75 bits per heavy atom. The van der Waals surface area contributed by atoms with Crippen LogP contribution in [0.4, 0.5) is 4.79 Å². The fraction of sp³-hybridized carbons (Fsp3) is 0.875. The maximum atomic E-state index is 10.8. The van der Waals surface area contributed by atoms with Gasteiger partial charge in [-0.15, -0.1) is 0 Å². The highest BCUT2D eigenvalue weighted by Gasteiger charge is 2.29. The summed E-state index contributed by atoms with van der Waals surface area (Å²) < 4.78 is 0.